The fourth-order valence-electron chi connectivity index (χ4n) is 1.74. The van der Waals surface area contributed by atoms with Crippen LogP contribution in [0.1, 0.15) is 6.42 Å². The molecule has 2 heterocycles. The van der Waals surface area contributed by atoms with E-state index < -0.39 is 12.0 Å². The number of carboxylic acids is 1. The molecule has 1 saturated heterocycles. The molecule has 8 heteroatoms. The molecule has 1 aromatic rings. The highest BCUT2D eigenvalue weighted by Gasteiger charge is 2.29. The molecule has 2 amide bonds. The van der Waals surface area contributed by atoms with Gasteiger partial charge in [0.2, 0.25) is 0 Å². The molecule has 98 valence electrons. The molecule has 1 atom stereocenters. The van der Waals surface area contributed by atoms with E-state index in [1.54, 1.807) is 11.6 Å². The number of rotatable bonds is 3. The summed E-state index contributed by atoms with van der Waals surface area (Å²) in [5, 5.41) is 13.7. The van der Waals surface area contributed by atoms with Crippen molar-refractivity contribution in [3.05, 3.63) is 11.6 Å². The molecule has 2 N–H and O–H groups in total. The van der Waals surface area contributed by atoms with Gasteiger partial charge in [0.15, 0.2) is 5.13 Å². The van der Waals surface area contributed by atoms with E-state index >= 15 is 0 Å². The number of aliphatic carboxylic acids is 1. The molecule has 1 aliphatic heterocycles. The largest absolute Gasteiger partial charge is 0.481 e. The van der Waals surface area contributed by atoms with E-state index in [2.05, 4.69) is 10.3 Å². The number of carboxylic acid groups (broad SMARTS) is 1. The van der Waals surface area contributed by atoms with Gasteiger partial charge in [-0.25, -0.2) is 9.78 Å². The Labute approximate surface area is 107 Å². The van der Waals surface area contributed by atoms with Gasteiger partial charge in [0, 0.05) is 18.1 Å². The van der Waals surface area contributed by atoms with Crippen LogP contribution in [0.5, 0.6) is 0 Å². The Morgan fingerprint density at radius 1 is 1.67 bits per heavy atom. The first kappa shape index (κ1) is 12.8. The van der Waals surface area contributed by atoms with E-state index in [-0.39, 0.29) is 19.1 Å². The van der Waals surface area contributed by atoms with Crippen LogP contribution in [0.15, 0.2) is 11.6 Å². The van der Waals surface area contributed by atoms with Gasteiger partial charge in [0.1, 0.15) is 0 Å². The first-order chi connectivity index (χ1) is 8.66. The monoisotopic (exact) mass is 271 g/mol. The molecule has 1 unspecified atom stereocenters. The van der Waals surface area contributed by atoms with E-state index in [1.807, 2.05) is 0 Å². The number of hydrogen-bond acceptors (Lipinski definition) is 5. The van der Waals surface area contributed by atoms with Crippen LogP contribution in [0.25, 0.3) is 0 Å². The number of carbonyl (C=O) groups is 2. The lowest BCUT2D eigenvalue weighted by Gasteiger charge is -2.34. The molecular weight excluding hydrogens is 258 g/mol. The summed E-state index contributed by atoms with van der Waals surface area (Å²) in [5.74, 6) is -0.947. The van der Waals surface area contributed by atoms with Crippen LogP contribution in [0.4, 0.5) is 9.93 Å². The summed E-state index contributed by atoms with van der Waals surface area (Å²) in [5.41, 5.74) is 0. The third kappa shape index (κ3) is 3.17. The molecule has 0 spiro atoms. The number of nitrogens with one attached hydrogen (secondary N) is 1. The summed E-state index contributed by atoms with van der Waals surface area (Å²) in [4.78, 5) is 28.2. The van der Waals surface area contributed by atoms with Crippen molar-refractivity contribution in [2.24, 2.45) is 0 Å². The summed E-state index contributed by atoms with van der Waals surface area (Å²) in [6.07, 6.45) is 1.47. The lowest BCUT2D eigenvalue weighted by Crippen LogP contribution is -2.51. The van der Waals surface area contributed by atoms with Crippen LogP contribution in [0.3, 0.4) is 0 Å². The number of ether oxygens (including phenoxy) is 1. The van der Waals surface area contributed by atoms with Crippen LogP contribution in [-0.4, -0.2) is 52.8 Å². The van der Waals surface area contributed by atoms with Crippen molar-refractivity contribution in [2.75, 3.05) is 25.1 Å². The summed E-state index contributed by atoms with van der Waals surface area (Å²) in [6, 6.07) is -0.768. The predicted molar refractivity (Wildman–Crippen MR) is 64.7 cm³/mol. The second-order valence-corrected chi connectivity index (χ2v) is 4.68. The Morgan fingerprint density at radius 3 is 3.17 bits per heavy atom. The van der Waals surface area contributed by atoms with Gasteiger partial charge in [-0.2, -0.15) is 0 Å². The lowest BCUT2D eigenvalue weighted by atomic mass is 10.1. The topological polar surface area (TPSA) is 91.8 Å². The second kappa shape index (κ2) is 5.78. The summed E-state index contributed by atoms with van der Waals surface area (Å²) >= 11 is 1.31. The molecule has 1 aliphatic rings. The van der Waals surface area contributed by atoms with Gasteiger partial charge >= 0.3 is 12.0 Å². The first-order valence-corrected chi connectivity index (χ1v) is 6.31. The fourth-order valence-corrected chi connectivity index (χ4v) is 2.26. The number of hydrogen-bond donors (Lipinski definition) is 2. The van der Waals surface area contributed by atoms with Crippen molar-refractivity contribution in [1.29, 1.82) is 0 Å². The molecule has 0 saturated carbocycles. The Bertz CT molecular complexity index is 423. The van der Waals surface area contributed by atoms with E-state index in [0.29, 0.717) is 18.3 Å². The highest BCUT2D eigenvalue weighted by atomic mass is 32.1. The normalized spacial score (nSPS) is 19.6. The molecular formula is C10H13N3O4S. The number of thiazole rings is 1. The molecule has 1 aromatic heterocycles. The Morgan fingerprint density at radius 2 is 2.50 bits per heavy atom. The Hall–Kier alpha value is -1.67. The molecule has 2 rings (SSSR count). The zero-order valence-corrected chi connectivity index (χ0v) is 10.4. The third-order valence-corrected chi connectivity index (χ3v) is 3.23. The molecule has 1 fully saturated rings. The van der Waals surface area contributed by atoms with Gasteiger partial charge in [-0.1, -0.05) is 0 Å². The summed E-state index contributed by atoms with van der Waals surface area (Å²) in [7, 11) is 0. The first-order valence-electron chi connectivity index (χ1n) is 5.43. The van der Waals surface area contributed by atoms with Crippen molar-refractivity contribution < 1.29 is 19.4 Å². The Kier molecular flexibility index (Phi) is 4.11. The second-order valence-electron chi connectivity index (χ2n) is 3.79. The van der Waals surface area contributed by atoms with Gasteiger partial charge in [0.05, 0.1) is 25.7 Å². The quantitative estimate of drug-likeness (QED) is 0.850. The number of aromatic nitrogens is 1. The molecule has 0 bridgehead atoms. The van der Waals surface area contributed by atoms with E-state index in [4.69, 9.17) is 9.84 Å². The number of amides is 2. The van der Waals surface area contributed by atoms with E-state index in [0.717, 1.165) is 0 Å². The minimum absolute atomic E-state index is 0.120. The number of urea groups is 1. The number of carbonyl (C=O) groups excluding carboxylic acids is 1. The Balaban J connectivity index is 1.99. The highest BCUT2D eigenvalue weighted by Crippen LogP contribution is 2.15. The number of morpholine rings is 1. The van der Waals surface area contributed by atoms with Crippen LogP contribution < -0.4 is 5.32 Å². The summed E-state index contributed by atoms with van der Waals surface area (Å²) < 4.78 is 5.20. The van der Waals surface area contributed by atoms with Gasteiger partial charge in [-0.05, 0) is 0 Å². The fraction of sp³-hybridized carbons (Fsp3) is 0.500. The van der Waals surface area contributed by atoms with Crippen molar-refractivity contribution in [1.82, 2.24) is 9.88 Å². The zero-order valence-electron chi connectivity index (χ0n) is 9.54. The SMILES string of the molecule is O=C(O)CC1COCCN1C(=O)Nc1nccs1. The molecule has 0 aliphatic carbocycles. The minimum Gasteiger partial charge on any atom is -0.481 e. The highest BCUT2D eigenvalue weighted by molar-refractivity contribution is 7.13. The summed E-state index contributed by atoms with van der Waals surface area (Å²) in [6.45, 7) is 1.05. The molecule has 18 heavy (non-hydrogen) atoms. The lowest BCUT2D eigenvalue weighted by molar-refractivity contribution is -0.139. The van der Waals surface area contributed by atoms with E-state index in [1.165, 1.54) is 16.2 Å². The van der Waals surface area contributed by atoms with Crippen molar-refractivity contribution in [3.8, 4) is 0 Å². The van der Waals surface area contributed by atoms with Crippen LogP contribution in [0.2, 0.25) is 0 Å². The van der Waals surface area contributed by atoms with Crippen molar-refractivity contribution >= 4 is 28.5 Å². The average Bonchev–Trinajstić information content (AvgIpc) is 2.81. The molecule has 0 aromatic carbocycles. The van der Waals surface area contributed by atoms with E-state index in [9.17, 15) is 9.59 Å². The minimum atomic E-state index is -0.947. The van der Waals surface area contributed by atoms with Gasteiger partial charge < -0.3 is 14.7 Å². The van der Waals surface area contributed by atoms with Gasteiger partial charge in [0.25, 0.3) is 0 Å². The zero-order chi connectivity index (χ0) is 13.0. The van der Waals surface area contributed by atoms with Crippen LogP contribution >= 0.6 is 11.3 Å². The molecule has 0 radical (unpaired) electrons. The maximum atomic E-state index is 12.0. The van der Waals surface area contributed by atoms with Gasteiger partial charge in [-0.3, -0.25) is 10.1 Å². The maximum Gasteiger partial charge on any atom is 0.324 e. The van der Waals surface area contributed by atoms with Crippen molar-refractivity contribution in [2.45, 2.75) is 12.5 Å². The average molecular weight is 271 g/mol. The maximum absolute atomic E-state index is 12.0. The molecule has 7 nitrogen and oxygen atoms in total. The smallest absolute Gasteiger partial charge is 0.324 e. The van der Waals surface area contributed by atoms with Crippen LogP contribution in [-0.2, 0) is 9.53 Å². The predicted octanol–water partition coefficient (Wildman–Crippen LogP) is 0.850. The van der Waals surface area contributed by atoms with Gasteiger partial charge in [-0.15, -0.1) is 11.3 Å². The number of anilines is 1. The standard InChI is InChI=1S/C10H13N3O4S/c14-8(15)5-7-6-17-3-2-13(7)10(16)12-9-11-1-4-18-9/h1,4,7H,2-3,5-6H2,(H,14,15)(H,11,12,16). The van der Waals surface area contributed by atoms with Crippen molar-refractivity contribution in [3.63, 3.8) is 0 Å². The third-order valence-electron chi connectivity index (χ3n) is 2.54. The number of nitrogens with zero attached hydrogens (tertiary/aromatic N) is 2. The van der Waals surface area contributed by atoms with Crippen LogP contribution in [0, 0.1) is 0 Å².